The first-order valence-electron chi connectivity index (χ1n) is 11.9. The molecule has 3 aromatic rings. The molecule has 0 aromatic heterocycles. The zero-order chi connectivity index (χ0) is 24.1. The predicted molar refractivity (Wildman–Crippen MR) is 135 cm³/mol. The number of carbonyl (C=O) groups excluding carboxylic acids is 3. The largest absolute Gasteiger partial charge is 0.357 e. The van der Waals surface area contributed by atoms with Crippen molar-refractivity contribution in [3.8, 4) is 0 Å². The fourth-order valence-corrected chi connectivity index (χ4v) is 4.80. The van der Waals surface area contributed by atoms with E-state index in [2.05, 4.69) is 5.32 Å². The van der Waals surface area contributed by atoms with E-state index in [9.17, 15) is 14.4 Å². The van der Waals surface area contributed by atoms with Crippen LogP contribution in [-0.4, -0.2) is 48.8 Å². The Morgan fingerprint density at radius 1 is 1.00 bits per heavy atom. The van der Waals surface area contributed by atoms with Gasteiger partial charge in [0.25, 0.3) is 5.91 Å². The van der Waals surface area contributed by atoms with E-state index >= 15 is 0 Å². The van der Waals surface area contributed by atoms with Crippen molar-refractivity contribution in [3.05, 3.63) is 77.9 Å². The second kappa shape index (κ2) is 10.5. The summed E-state index contributed by atoms with van der Waals surface area (Å²) < 4.78 is 0. The number of likely N-dealkylation sites (N-methyl/N-ethyl adjacent to an activating group) is 1. The summed E-state index contributed by atoms with van der Waals surface area (Å²) in [7, 11) is 1.60. The van der Waals surface area contributed by atoms with E-state index < -0.39 is 6.04 Å². The van der Waals surface area contributed by atoms with Gasteiger partial charge in [0.2, 0.25) is 11.8 Å². The van der Waals surface area contributed by atoms with Crippen molar-refractivity contribution in [1.29, 1.82) is 0 Å². The lowest BCUT2D eigenvalue weighted by atomic mass is 10.1. The summed E-state index contributed by atoms with van der Waals surface area (Å²) in [4.78, 5) is 42.3. The van der Waals surface area contributed by atoms with Crippen molar-refractivity contribution < 1.29 is 14.4 Å². The van der Waals surface area contributed by atoms with E-state index in [4.69, 9.17) is 0 Å². The second-order valence-electron chi connectivity index (χ2n) is 8.60. The van der Waals surface area contributed by atoms with Gasteiger partial charge in [0.1, 0.15) is 6.04 Å². The summed E-state index contributed by atoms with van der Waals surface area (Å²) in [6.07, 6.45) is 2.03. The maximum absolute atomic E-state index is 13.3. The maximum atomic E-state index is 13.3. The zero-order valence-corrected chi connectivity index (χ0v) is 19.8. The van der Waals surface area contributed by atoms with Gasteiger partial charge in [0.05, 0.1) is 5.69 Å². The maximum Gasteiger partial charge on any atom is 0.258 e. The predicted octanol–water partition coefficient (Wildman–Crippen LogP) is 4.18. The van der Waals surface area contributed by atoms with Crippen molar-refractivity contribution in [2.75, 3.05) is 25.0 Å². The number of amides is 3. The molecule has 1 aliphatic heterocycles. The van der Waals surface area contributed by atoms with E-state index in [0.29, 0.717) is 32.4 Å². The Hall–Kier alpha value is -3.67. The third-order valence-corrected chi connectivity index (χ3v) is 6.54. The highest BCUT2D eigenvalue weighted by Crippen LogP contribution is 2.37. The number of nitrogens with one attached hydrogen (secondary N) is 1. The highest BCUT2D eigenvalue weighted by molar-refractivity contribution is 6.25. The summed E-state index contributed by atoms with van der Waals surface area (Å²) in [6, 6.07) is 21.2. The van der Waals surface area contributed by atoms with Gasteiger partial charge in [-0.05, 0) is 42.3 Å². The number of carbonyl (C=O) groups is 3. The standard InChI is InChI=1S/C28H31N3O3/c1-3-23(27(33)29-2)30(19-17-20-10-5-4-6-11-20)25(32)16-9-18-31-24-15-8-13-21-12-7-14-22(26(21)24)28(31)34/h4-8,10-15,23H,3,9,16-19H2,1-2H3,(H,29,33)/t23-/m0/s1. The molecular formula is C28H31N3O3. The van der Waals surface area contributed by atoms with Crippen LogP contribution in [0, 0.1) is 0 Å². The van der Waals surface area contributed by atoms with E-state index in [1.165, 1.54) is 0 Å². The highest BCUT2D eigenvalue weighted by atomic mass is 16.2. The molecule has 0 bridgehead atoms. The van der Waals surface area contributed by atoms with Crippen molar-refractivity contribution in [3.63, 3.8) is 0 Å². The third kappa shape index (κ3) is 4.67. The van der Waals surface area contributed by atoms with Gasteiger partial charge in [-0.15, -0.1) is 0 Å². The van der Waals surface area contributed by atoms with Crippen LogP contribution in [-0.2, 0) is 16.0 Å². The summed E-state index contributed by atoms with van der Waals surface area (Å²) in [5.74, 6) is -0.230. The van der Waals surface area contributed by atoms with Gasteiger partial charge in [-0.25, -0.2) is 0 Å². The van der Waals surface area contributed by atoms with Gasteiger partial charge in [-0.1, -0.05) is 61.5 Å². The second-order valence-corrected chi connectivity index (χ2v) is 8.60. The van der Waals surface area contributed by atoms with Crippen LogP contribution in [0.2, 0.25) is 0 Å². The lowest BCUT2D eigenvalue weighted by Crippen LogP contribution is -2.49. The fraction of sp³-hybridized carbons (Fsp3) is 0.321. The van der Waals surface area contributed by atoms with Gasteiger partial charge >= 0.3 is 0 Å². The molecule has 4 rings (SSSR count). The fourth-order valence-electron chi connectivity index (χ4n) is 4.80. The Morgan fingerprint density at radius 3 is 2.44 bits per heavy atom. The van der Waals surface area contributed by atoms with Crippen LogP contribution in [0.15, 0.2) is 66.7 Å². The minimum atomic E-state index is -0.507. The number of hydrogen-bond acceptors (Lipinski definition) is 3. The number of hydrogen-bond donors (Lipinski definition) is 1. The van der Waals surface area contributed by atoms with Crippen LogP contribution in [0.1, 0.15) is 42.1 Å². The minimum absolute atomic E-state index is 0.0167. The quantitative estimate of drug-likeness (QED) is 0.497. The average Bonchev–Trinajstić information content (AvgIpc) is 3.14. The molecule has 1 heterocycles. The van der Waals surface area contributed by atoms with E-state index in [1.807, 2.05) is 73.7 Å². The minimum Gasteiger partial charge on any atom is -0.357 e. The van der Waals surface area contributed by atoms with Gasteiger partial charge in [-0.3, -0.25) is 14.4 Å². The van der Waals surface area contributed by atoms with Crippen molar-refractivity contribution in [2.24, 2.45) is 0 Å². The Balaban J connectivity index is 1.44. The number of anilines is 1. The van der Waals surface area contributed by atoms with Crippen LogP contribution in [0.4, 0.5) is 5.69 Å². The van der Waals surface area contributed by atoms with Crippen molar-refractivity contribution in [1.82, 2.24) is 10.2 Å². The Kier molecular flexibility index (Phi) is 7.26. The molecule has 3 amide bonds. The van der Waals surface area contributed by atoms with Gasteiger partial charge in [0, 0.05) is 37.5 Å². The normalized spacial score (nSPS) is 13.2. The van der Waals surface area contributed by atoms with E-state index in [1.54, 1.807) is 16.8 Å². The van der Waals surface area contributed by atoms with Gasteiger partial charge < -0.3 is 15.1 Å². The van der Waals surface area contributed by atoms with Crippen LogP contribution in [0.5, 0.6) is 0 Å². The Morgan fingerprint density at radius 2 is 1.74 bits per heavy atom. The van der Waals surface area contributed by atoms with Crippen molar-refractivity contribution >= 4 is 34.2 Å². The topological polar surface area (TPSA) is 69.7 Å². The molecule has 0 unspecified atom stereocenters. The first-order chi connectivity index (χ1) is 16.5. The van der Waals surface area contributed by atoms with Crippen molar-refractivity contribution in [2.45, 2.75) is 38.6 Å². The smallest absolute Gasteiger partial charge is 0.258 e. The molecule has 6 nitrogen and oxygen atoms in total. The first-order valence-corrected chi connectivity index (χ1v) is 11.9. The highest BCUT2D eigenvalue weighted by Gasteiger charge is 2.30. The molecule has 6 heteroatoms. The molecule has 0 saturated heterocycles. The molecule has 0 fully saturated rings. The third-order valence-electron chi connectivity index (χ3n) is 6.54. The van der Waals surface area contributed by atoms with Crippen LogP contribution in [0.3, 0.4) is 0 Å². The average molecular weight is 458 g/mol. The number of rotatable bonds is 10. The number of benzene rings is 3. The molecule has 0 radical (unpaired) electrons. The lowest BCUT2D eigenvalue weighted by Gasteiger charge is -2.30. The van der Waals surface area contributed by atoms with Crippen LogP contribution >= 0.6 is 0 Å². The zero-order valence-electron chi connectivity index (χ0n) is 19.8. The molecule has 0 spiro atoms. The van der Waals surface area contributed by atoms with Crippen LogP contribution in [0.25, 0.3) is 10.8 Å². The Bertz CT molecular complexity index is 1190. The summed E-state index contributed by atoms with van der Waals surface area (Å²) >= 11 is 0. The molecule has 1 N–H and O–H groups in total. The molecule has 176 valence electrons. The van der Waals surface area contributed by atoms with Gasteiger partial charge in [-0.2, -0.15) is 0 Å². The number of nitrogens with zero attached hydrogens (tertiary/aromatic N) is 2. The van der Waals surface area contributed by atoms with E-state index in [0.717, 1.165) is 27.6 Å². The molecular weight excluding hydrogens is 426 g/mol. The molecule has 0 saturated carbocycles. The lowest BCUT2D eigenvalue weighted by molar-refractivity contribution is -0.140. The Labute approximate surface area is 200 Å². The first kappa shape index (κ1) is 23.5. The monoisotopic (exact) mass is 457 g/mol. The SMILES string of the molecule is CC[C@@H](C(=O)NC)N(CCc1ccccc1)C(=O)CCCN1C(=O)c2cccc3cccc1c23. The summed E-state index contributed by atoms with van der Waals surface area (Å²) in [5.41, 5.74) is 2.75. The summed E-state index contributed by atoms with van der Waals surface area (Å²) in [5, 5.41) is 4.72. The molecule has 0 aliphatic carbocycles. The molecule has 1 atom stereocenters. The molecule has 3 aromatic carbocycles. The van der Waals surface area contributed by atoms with Gasteiger partial charge in [0.15, 0.2) is 0 Å². The van der Waals surface area contributed by atoms with Crippen LogP contribution < -0.4 is 10.2 Å². The molecule has 34 heavy (non-hydrogen) atoms. The summed E-state index contributed by atoms with van der Waals surface area (Å²) in [6.45, 7) is 2.85. The molecule has 1 aliphatic rings. The van der Waals surface area contributed by atoms with E-state index in [-0.39, 0.29) is 24.1 Å².